The van der Waals surface area contributed by atoms with Gasteiger partial charge in [-0.1, -0.05) is 49.7 Å². The Morgan fingerprint density at radius 2 is 1.29 bits per heavy atom. The van der Waals surface area contributed by atoms with Crippen molar-refractivity contribution in [2.45, 2.75) is 31.9 Å². The van der Waals surface area contributed by atoms with Crippen molar-refractivity contribution in [1.82, 2.24) is 0 Å². The number of esters is 2. The molecular weight excluding hydrogens is 311 g/mol. The molecule has 0 saturated heterocycles. The monoisotopic (exact) mass is 330 g/mol. The van der Waals surface area contributed by atoms with Gasteiger partial charge >= 0.3 is 17.6 Å². The minimum absolute atomic E-state index is 0.175. The van der Waals surface area contributed by atoms with Crippen LogP contribution in [-0.2, 0) is 9.59 Å². The Balaban J connectivity index is 2.17. The lowest BCUT2D eigenvalue weighted by atomic mass is 9.99. The SMILES string of the molecule is CCCCC(F)(C(=O)Oc1ccccc1)C(=O)Oc1ccccc1. The van der Waals surface area contributed by atoms with Crippen molar-refractivity contribution < 1.29 is 23.5 Å². The van der Waals surface area contributed by atoms with Crippen molar-refractivity contribution in [2.75, 3.05) is 0 Å². The number of para-hydroxylation sites is 2. The summed E-state index contributed by atoms with van der Waals surface area (Å²) in [5.41, 5.74) is -2.85. The van der Waals surface area contributed by atoms with Crippen LogP contribution in [0, 0.1) is 0 Å². The van der Waals surface area contributed by atoms with E-state index in [0.717, 1.165) is 0 Å². The van der Waals surface area contributed by atoms with Gasteiger partial charge < -0.3 is 9.47 Å². The highest BCUT2D eigenvalue weighted by atomic mass is 19.1. The van der Waals surface area contributed by atoms with Gasteiger partial charge in [-0.2, -0.15) is 0 Å². The van der Waals surface area contributed by atoms with Crippen molar-refractivity contribution in [3.8, 4) is 11.5 Å². The number of benzene rings is 2. The molecule has 0 amide bonds. The summed E-state index contributed by atoms with van der Waals surface area (Å²) in [6.07, 6.45) is 0.689. The first kappa shape index (κ1) is 17.7. The van der Waals surface area contributed by atoms with Gasteiger partial charge in [0.2, 0.25) is 0 Å². The quantitative estimate of drug-likeness (QED) is 0.436. The molecule has 2 aromatic carbocycles. The van der Waals surface area contributed by atoms with Gasteiger partial charge in [-0.15, -0.1) is 0 Å². The van der Waals surface area contributed by atoms with E-state index in [-0.39, 0.29) is 17.9 Å². The van der Waals surface area contributed by atoms with Gasteiger partial charge in [0, 0.05) is 6.42 Å². The van der Waals surface area contributed by atoms with Crippen molar-refractivity contribution >= 4 is 11.9 Å². The largest absolute Gasteiger partial charge is 0.424 e. The molecule has 0 aromatic heterocycles. The van der Waals surface area contributed by atoms with Crippen LogP contribution >= 0.6 is 0 Å². The maximum atomic E-state index is 15.2. The van der Waals surface area contributed by atoms with Gasteiger partial charge in [0.15, 0.2) is 0 Å². The predicted molar refractivity (Wildman–Crippen MR) is 87.5 cm³/mol. The van der Waals surface area contributed by atoms with E-state index >= 15 is 4.39 Å². The van der Waals surface area contributed by atoms with Crippen LogP contribution in [0.3, 0.4) is 0 Å². The Labute approximate surface area is 140 Å². The van der Waals surface area contributed by atoms with E-state index < -0.39 is 17.6 Å². The Morgan fingerprint density at radius 3 is 1.67 bits per heavy atom. The molecule has 2 aromatic rings. The molecule has 0 fully saturated rings. The van der Waals surface area contributed by atoms with Crippen LogP contribution in [-0.4, -0.2) is 17.6 Å². The Hall–Kier alpha value is -2.69. The van der Waals surface area contributed by atoms with E-state index in [1.807, 2.05) is 6.92 Å². The molecule has 0 saturated carbocycles. The summed E-state index contributed by atoms with van der Waals surface area (Å²) in [5.74, 6) is -2.17. The van der Waals surface area contributed by atoms with Crippen LogP contribution in [0.1, 0.15) is 26.2 Å². The second kappa shape index (κ2) is 8.24. The number of alkyl halides is 1. The molecule has 0 atom stereocenters. The maximum absolute atomic E-state index is 15.2. The van der Waals surface area contributed by atoms with Crippen molar-refractivity contribution in [2.24, 2.45) is 0 Å². The molecule has 0 spiro atoms. The van der Waals surface area contributed by atoms with E-state index in [4.69, 9.17) is 9.47 Å². The van der Waals surface area contributed by atoms with Crippen LogP contribution in [0.2, 0.25) is 0 Å². The standard InChI is InChI=1S/C19H19FO4/c1-2-3-14-19(20,17(21)23-15-10-6-4-7-11-15)18(22)24-16-12-8-5-9-13-16/h4-13H,2-3,14H2,1H3. The molecule has 5 heteroatoms. The normalized spacial score (nSPS) is 10.9. The third-order valence-corrected chi connectivity index (χ3v) is 3.43. The summed E-state index contributed by atoms with van der Waals surface area (Å²) in [6.45, 7) is 1.84. The van der Waals surface area contributed by atoms with Gasteiger partial charge in [0.1, 0.15) is 11.5 Å². The van der Waals surface area contributed by atoms with Crippen molar-refractivity contribution in [1.29, 1.82) is 0 Å². The zero-order valence-corrected chi connectivity index (χ0v) is 13.4. The number of unbranched alkanes of at least 4 members (excludes halogenated alkanes) is 1. The topological polar surface area (TPSA) is 52.6 Å². The first-order valence-electron chi connectivity index (χ1n) is 7.80. The average molecular weight is 330 g/mol. The highest BCUT2D eigenvalue weighted by Crippen LogP contribution is 2.26. The van der Waals surface area contributed by atoms with Crippen molar-refractivity contribution in [3.05, 3.63) is 60.7 Å². The molecule has 0 heterocycles. The molecular formula is C19H19FO4. The molecule has 126 valence electrons. The minimum Gasteiger partial charge on any atom is -0.424 e. The number of halogens is 1. The van der Waals surface area contributed by atoms with E-state index in [1.165, 1.54) is 24.3 Å². The summed E-state index contributed by atoms with van der Waals surface area (Å²) >= 11 is 0. The number of rotatable bonds is 7. The zero-order valence-electron chi connectivity index (χ0n) is 13.4. The molecule has 0 bridgehead atoms. The van der Waals surface area contributed by atoms with Crippen molar-refractivity contribution in [3.63, 3.8) is 0 Å². The number of carbonyl (C=O) groups excluding carboxylic acids is 2. The van der Waals surface area contributed by atoms with Crippen LogP contribution in [0.15, 0.2) is 60.7 Å². The van der Waals surface area contributed by atoms with E-state index in [1.54, 1.807) is 36.4 Å². The molecule has 0 radical (unpaired) electrons. The van der Waals surface area contributed by atoms with Crippen LogP contribution in [0.5, 0.6) is 11.5 Å². The molecule has 4 nitrogen and oxygen atoms in total. The number of carbonyl (C=O) groups is 2. The smallest absolute Gasteiger partial charge is 0.361 e. The lowest BCUT2D eigenvalue weighted by molar-refractivity contribution is -0.164. The Morgan fingerprint density at radius 1 is 0.875 bits per heavy atom. The summed E-state index contributed by atoms with van der Waals surface area (Å²) in [7, 11) is 0. The fourth-order valence-electron chi connectivity index (χ4n) is 2.06. The van der Waals surface area contributed by atoms with Gasteiger partial charge in [0.25, 0.3) is 0 Å². The number of hydrogen-bond donors (Lipinski definition) is 0. The molecule has 2 rings (SSSR count). The molecule has 24 heavy (non-hydrogen) atoms. The van der Waals surface area contributed by atoms with Crippen LogP contribution in [0.4, 0.5) is 4.39 Å². The number of hydrogen-bond acceptors (Lipinski definition) is 4. The molecule has 0 unspecified atom stereocenters. The summed E-state index contributed by atoms with van der Waals surface area (Å²) < 4.78 is 25.2. The Kier molecular flexibility index (Phi) is 6.07. The molecule has 0 aliphatic rings. The predicted octanol–water partition coefficient (Wildman–Crippen LogP) is 4.10. The third-order valence-electron chi connectivity index (χ3n) is 3.43. The highest BCUT2D eigenvalue weighted by molar-refractivity contribution is 6.04. The van der Waals surface area contributed by atoms with Gasteiger partial charge in [0.05, 0.1) is 0 Å². The zero-order chi connectivity index (χ0) is 17.4. The molecule has 0 aliphatic carbocycles. The first-order valence-corrected chi connectivity index (χ1v) is 7.80. The summed E-state index contributed by atoms with van der Waals surface area (Å²) in [4.78, 5) is 24.5. The molecule has 0 aliphatic heterocycles. The minimum atomic E-state index is -2.85. The third kappa shape index (κ3) is 4.41. The maximum Gasteiger partial charge on any atom is 0.361 e. The second-order valence-electron chi connectivity index (χ2n) is 5.31. The van der Waals surface area contributed by atoms with Crippen LogP contribution < -0.4 is 9.47 Å². The lowest BCUT2D eigenvalue weighted by Crippen LogP contribution is -2.47. The van der Waals surface area contributed by atoms with Gasteiger partial charge in [-0.05, 0) is 30.7 Å². The fraction of sp³-hybridized carbons (Fsp3) is 0.263. The number of ether oxygens (including phenoxy) is 2. The fourth-order valence-corrected chi connectivity index (χ4v) is 2.06. The average Bonchev–Trinajstić information content (AvgIpc) is 2.61. The van der Waals surface area contributed by atoms with Gasteiger partial charge in [-0.25, -0.2) is 14.0 Å². The second-order valence-corrected chi connectivity index (χ2v) is 5.31. The van der Waals surface area contributed by atoms with Gasteiger partial charge in [-0.3, -0.25) is 0 Å². The Bertz CT molecular complexity index is 617. The first-order chi connectivity index (χ1) is 11.6. The van der Waals surface area contributed by atoms with E-state index in [2.05, 4.69) is 0 Å². The summed E-state index contributed by atoms with van der Waals surface area (Å²) in [6, 6.07) is 16.1. The van der Waals surface area contributed by atoms with E-state index in [9.17, 15) is 9.59 Å². The lowest BCUT2D eigenvalue weighted by Gasteiger charge is -2.21. The van der Waals surface area contributed by atoms with Crippen LogP contribution in [0.25, 0.3) is 0 Å². The van der Waals surface area contributed by atoms with E-state index in [0.29, 0.717) is 12.8 Å². The highest BCUT2D eigenvalue weighted by Gasteiger charge is 2.50. The molecule has 0 N–H and O–H groups in total. The summed E-state index contributed by atoms with van der Waals surface area (Å²) in [5, 5.41) is 0.